The fourth-order valence-corrected chi connectivity index (χ4v) is 3.75. The molecule has 2 aliphatic rings. The normalized spacial score (nSPS) is 39.2. The zero-order valence-corrected chi connectivity index (χ0v) is 18.9. The molecule has 0 aliphatic carbocycles. The van der Waals surface area contributed by atoms with E-state index in [2.05, 4.69) is 11.9 Å². The molecule has 13 nitrogen and oxygen atoms in total. The minimum absolute atomic E-state index is 0.0427. The van der Waals surface area contributed by atoms with Crippen molar-refractivity contribution in [3.05, 3.63) is 12.2 Å². The molecule has 1 unspecified atom stereocenters. The maximum absolute atomic E-state index is 12.6. The Morgan fingerprint density at radius 1 is 1.00 bits per heavy atom. The number of nitrogens with zero attached hydrogens (tertiary/aromatic N) is 1. The van der Waals surface area contributed by atoms with Crippen LogP contribution in [0.2, 0.25) is 0 Å². The van der Waals surface area contributed by atoms with E-state index in [9.17, 15) is 40.5 Å². The number of aliphatic hydroxyl groups is 7. The van der Waals surface area contributed by atoms with Crippen LogP contribution in [-0.4, -0.2) is 140 Å². The standard InChI is InChI=1S/C19H33ClN2O11/c1-8(2)5-22(19(30)21-4-3-20)17-14(28)13(27)16(10(7-24)31-17)33-18-15(29)12(26)11(25)9(6-23)32-18/h9-18,23-29H,1,3-7H2,2H3,(H,21,30)/t9-,10-,11-,12+,13-,14-,15-,16-,17?,18-/m1/s1. The lowest BCUT2D eigenvalue weighted by molar-refractivity contribution is -0.347. The summed E-state index contributed by atoms with van der Waals surface area (Å²) in [4.78, 5) is 13.7. The largest absolute Gasteiger partial charge is 0.394 e. The third-order valence-corrected chi connectivity index (χ3v) is 5.55. The fraction of sp³-hybridized carbons (Fsp3) is 0.842. The van der Waals surface area contributed by atoms with Crippen molar-refractivity contribution in [2.24, 2.45) is 0 Å². The number of carbonyl (C=O) groups excluding carboxylic acids is 1. The Morgan fingerprint density at radius 2 is 1.64 bits per heavy atom. The molecule has 10 atom stereocenters. The predicted octanol–water partition coefficient (Wildman–Crippen LogP) is -3.56. The summed E-state index contributed by atoms with van der Waals surface area (Å²) in [6.07, 6.45) is -15.7. The maximum atomic E-state index is 12.6. The summed E-state index contributed by atoms with van der Waals surface area (Å²) in [5.74, 6) is 0.137. The van der Waals surface area contributed by atoms with Crippen molar-refractivity contribution in [1.82, 2.24) is 10.2 Å². The highest BCUT2D eigenvalue weighted by Crippen LogP contribution is 2.30. The zero-order chi connectivity index (χ0) is 24.9. The molecule has 2 fully saturated rings. The first-order valence-electron chi connectivity index (χ1n) is 10.4. The molecule has 8 N–H and O–H groups in total. The molecule has 0 saturated carbocycles. The summed E-state index contributed by atoms with van der Waals surface area (Å²) in [6, 6.07) is -0.653. The predicted molar refractivity (Wildman–Crippen MR) is 112 cm³/mol. The second-order valence-electron chi connectivity index (χ2n) is 8.03. The Morgan fingerprint density at radius 3 is 2.18 bits per heavy atom. The van der Waals surface area contributed by atoms with Crippen LogP contribution in [0, 0.1) is 0 Å². The quantitative estimate of drug-likeness (QED) is 0.115. The van der Waals surface area contributed by atoms with Crippen molar-refractivity contribution in [2.75, 3.05) is 32.2 Å². The minimum Gasteiger partial charge on any atom is -0.394 e. The van der Waals surface area contributed by atoms with E-state index < -0.39 is 80.6 Å². The molecule has 192 valence electrons. The van der Waals surface area contributed by atoms with E-state index in [4.69, 9.17) is 25.8 Å². The number of halogens is 1. The van der Waals surface area contributed by atoms with Crippen LogP contribution in [0.3, 0.4) is 0 Å². The zero-order valence-electron chi connectivity index (χ0n) is 18.1. The van der Waals surface area contributed by atoms with Gasteiger partial charge in [-0.15, -0.1) is 11.6 Å². The molecular formula is C19H33ClN2O11. The number of nitrogens with one attached hydrogen (secondary N) is 1. The van der Waals surface area contributed by atoms with Crippen LogP contribution >= 0.6 is 11.6 Å². The first kappa shape index (κ1) is 28.1. The molecule has 14 heteroatoms. The molecule has 2 amide bonds. The molecule has 0 aromatic rings. The lowest BCUT2D eigenvalue weighted by Crippen LogP contribution is -2.67. The monoisotopic (exact) mass is 500 g/mol. The van der Waals surface area contributed by atoms with Gasteiger partial charge in [-0.2, -0.15) is 0 Å². The number of amides is 2. The van der Waals surface area contributed by atoms with Crippen LogP contribution in [0.25, 0.3) is 0 Å². The summed E-state index contributed by atoms with van der Waals surface area (Å²) in [7, 11) is 0. The van der Waals surface area contributed by atoms with Crippen molar-refractivity contribution in [2.45, 2.75) is 68.3 Å². The Hall–Kier alpha value is -1.10. The Bertz CT molecular complexity index is 655. The Labute approximate surface area is 195 Å². The minimum atomic E-state index is -1.77. The van der Waals surface area contributed by atoms with Gasteiger partial charge in [0, 0.05) is 19.0 Å². The van der Waals surface area contributed by atoms with Crippen molar-refractivity contribution in [1.29, 1.82) is 0 Å². The molecule has 2 heterocycles. The van der Waals surface area contributed by atoms with Gasteiger partial charge in [0.25, 0.3) is 0 Å². The molecule has 0 aromatic carbocycles. The molecule has 33 heavy (non-hydrogen) atoms. The highest BCUT2D eigenvalue weighted by atomic mass is 35.5. The number of aliphatic hydroxyl groups excluding tert-OH is 7. The van der Waals surface area contributed by atoms with Gasteiger partial charge in [-0.3, -0.25) is 4.90 Å². The lowest BCUT2D eigenvalue weighted by atomic mass is 9.96. The molecule has 2 aliphatic heterocycles. The number of hydrogen-bond acceptors (Lipinski definition) is 11. The number of carbonyl (C=O) groups is 1. The maximum Gasteiger partial charge on any atom is 0.319 e. The first-order valence-corrected chi connectivity index (χ1v) is 10.9. The van der Waals surface area contributed by atoms with E-state index in [0.29, 0.717) is 5.57 Å². The summed E-state index contributed by atoms with van der Waals surface area (Å²) in [5, 5.41) is 73.1. The number of alkyl halides is 1. The smallest absolute Gasteiger partial charge is 0.319 e. The Balaban J connectivity index is 2.21. The molecule has 0 spiro atoms. The number of urea groups is 1. The third kappa shape index (κ3) is 6.52. The van der Waals surface area contributed by atoms with Crippen LogP contribution in [0.4, 0.5) is 4.79 Å². The van der Waals surface area contributed by atoms with E-state index in [0.717, 1.165) is 4.90 Å². The van der Waals surface area contributed by atoms with Gasteiger partial charge in [-0.05, 0) is 6.92 Å². The van der Waals surface area contributed by atoms with Crippen molar-refractivity contribution < 1.29 is 54.8 Å². The molecule has 0 radical (unpaired) electrons. The lowest BCUT2D eigenvalue weighted by Gasteiger charge is -2.48. The van der Waals surface area contributed by atoms with Gasteiger partial charge in [-0.1, -0.05) is 12.2 Å². The van der Waals surface area contributed by atoms with Gasteiger partial charge in [0.1, 0.15) is 48.8 Å². The molecule has 0 aromatic heterocycles. The average Bonchev–Trinajstić information content (AvgIpc) is 2.79. The van der Waals surface area contributed by atoms with E-state index in [-0.39, 0.29) is 19.0 Å². The highest BCUT2D eigenvalue weighted by Gasteiger charge is 2.52. The van der Waals surface area contributed by atoms with Gasteiger partial charge in [0.2, 0.25) is 0 Å². The fourth-order valence-electron chi connectivity index (χ4n) is 3.65. The number of hydrogen-bond donors (Lipinski definition) is 8. The number of rotatable bonds is 9. The van der Waals surface area contributed by atoms with Crippen LogP contribution < -0.4 is 5.32 Å². The van der Waals surface area contributed by atoms with Crippen molar-refractivity contribution in [3.8, 4) is 0 Å². The van der Waals surface area contributed by atoms with E-state index in [1.807, 2.05) is 0 Å². The second-order valence-corrected chi connectivity index (χ2v) is 8.41. The summed E-state index contributed by atoms with van der Waals surface area (Å²) in [6.45, 7) is 4.05. The average molecular weight is 501 g/mol. The van der Waals surface area contributed by atoms with Gasteiger partial charge >= 0.3 is 6.03 Å². The number of ether oxygens (including phenoxy) is 3. The first-order chi connectivity index (χ1) is 15.6. The topological polar surface area (TPSA) is 202 Å². The molecule has 2 rings (SSSR count). The van der Waals surface area contributed by atoms with E-state index >= 15 is 0 Å². The second kappa shape index (κ2) is 12.6. The molecule has 2 saturated heterocycles. The van der Waals surface area contributed by atoms with Crippen LogP contribution in [0.15, 0.2) is 12.2 Å². The molecular weight excluding hydrogens is 468 g/mol. The van der Waals surface area contributed by atoms with Gasteiger partial charge in [-0.25, -0.2) is 4.79 Å². The van der Waals surface area contributed by atoms with Crippen LogP contribution in [0.5, 0.6) is 0 Å². The van der Waals surface area contributed by atoms with Crippen molar-refractivity contribution in [3.63, 3.8) is 0 Å². The van der Waals surface area contributed by atoms with Crippen LogP contribution in [0.1, 0.15) is 6.92 Å². The van der Waals surface area contributed by atoms with Gasteiger partial charge in [0.05, 0.1) is 13.2 Å². The summed E-state index contributed by atoms with van der Waals surface area (Å²) >= 11 is 5.60. The van der Waals surface area contributed by atoms with Crippen molar-refractivity contribution >= 4 is 17.6 Å². The van der Waals surface area contributed by atoms with Crippen LogP contribution in [-0.2, 0) is 14.2 Å². The Kier molecular flexibility index (Phi) is 10.7. The van der Waals surface area contributed by atoms with E-state index in [1.165, 1.54) is 0 Å². The summed E-state index contributed by atoms with van der Waals surface area (Å²) in [5.41, 5.74) is 0.543. The highest BCUT2D eigenvalue weighted by molar-refractivity contribution is 6.18. The third-order valence-electron chi connectivity index (χ3n) is 5.36. The summed E-state index contributed by atoms with van der Waals surface area (Å²) < 4.78 is 16.5. The SMILES string of the molecule is C=C(C)CN(C(=O)NCCCl)C1O[C@H](CO)[C@@H](O[C@H]2O[C@H](CO)[C@@H](O)[C@H](O)[C@H]2O)[C@H](O)[C@H]1O. The van der Waals surface area contributed by atoms with Gasteiger partial charge in [0.15, 0.2) is 12.5 Å². The molecule has 0 bridgehead atoms. The van der Waals surface area contributed by atoms with E-state index in [1.54, 1.807) is 6.92 Å². The van der Waals surface area contributed by atoms with Gasteiger partial charge < -0.3 is 55.3 Å².